The number of nitrogens with one attached hydrogen (secondary N) is 2. The van der Waals surface area contributed by atoms with Crippen LogP contribution in [0.1, 0.15) is 35.7 Å². The van der Waals surface area contributed by atoms with Gasteiger partial charge in [0.15, 0.2) is 0 Å². The first-order valence-corrected chi connectivity index (χ1v) is 7.32. The largest absolute Gasteiger partial charge is 0.385 e. The van der Waals surface area contributed by atoms with E-state index in [0.29, 0.717) is 0 Å². The van der Waals surface area contributed by atoms with Crippen LogP contribution in [-0.2, 0) is 0 Å². The van der Waals surface area contributed by atoms with Gasteiger partial charge >= 0.3 is 0 Å². The lowest BCUT2D eigenvalue weighted by atomic mass is 10.1. The van der Waals surface area contributed by atoms with Gasteiger partial charge in [0.25, 0.3) is 5.91 Å². The SMILES string of the molecule is CCNc1ccc(C(=O)NCCCCN(C)C)c(C)c1. The van der Waals surface area contributed by atoms with Crippen LogP contribution in [0.3, 0.4) is 0 Å². The maximum atomic E-state index is 12.1. The van der Waals surface area contributed by atoms with Gasteiger partial charge in [0, 0.05) is 24.3 Å². The fraction of sp³-hybridized carbons (Fsp3) is 0.562. The first-order valence-electron chi connectivity index (χ1n) is 7.32. The zero-order chi connectivity index (χ0) is 15.0. The number of aryl methyl sites for hydroxylation is 1. The molecule has 0 radical (unpaired) electrons. The molecular formula is C16H27N3O. The lowest BCUT2D eigenvalue weighted by molar-refractivity contribution is 0.0952. The van der Waals surface area contributed by atoms with Crippen LogP contribution in [0.15, 0.2) is 18.2 Å². The van der Waals surface area contributed by atoms with E-state index in [9.17, 15) is 4.79 Å². The minimum absolute atomic E-state index is 0.0235. The topological polar surface area (TPSA) is 44.4 Å². The number of nitrogens with zero attached hydrogens (tertiary/aromatic N) is 1. The van der Waals surface area contributed by atoms with Gasteiger partial charge in [0.1, 0.15) is 0 Å². The highest BCUT2D eigenvalue weighted by Gasteiger charge is 2.08. The van der Waals surface area contributed by atoms with Crippen LogP contribution >= 0.6 is 0 Å². The molecule has 0 heterocycles. The number of hydrogen-bond acceptors (Lipinski definition) is 3. The third kappa shape index (κ3) is 5.61. The average molecular weight is 277 g/mol. The highest BCUT2D eigenvalue weighted by Crippen LogP contribution is 2.15. The molecule has 0 spiro atoms. The molecule has 1 aromatic rings. The molecule has 4 nitrogen and oxygen atoms in total. The van der Waals surface area contributed by atoms with Crippen molar-refractivity contribution in [1.82, 2.24) is 10.2 Å². The first-order chi connectivity index (χ1) is 9.54. The van der Waals surface area contributed by atoms with Crippen LogP contribution in [0.2, 0.25) is 0 Å². The molecular weight excluding hydrogens is 250 g/mol. The number of hydrogen-bond donors (Lipinski definition) is 2. The lowest BCUT2D eigenvalue weighted by Crippen LogP contribution is -2.26. The smallest absolute Gasteiger partial charge is 0.251 e. The fourth-order valence-electron chi connectivity index (χ4n) is 2.08. The third-order valence-electron chi connectivity index (χ3n) is 3.17. The van der Waals surface area contributed by atoms with Crippen LogP contribution in [0.4, 0.5) is 5.69 Å². The second-order valence-electron chi connectivity index (χ2n) is 5.33. The molecule has 0 saturated heterocycles. The van der Waals surface area contributed by atoms with Crippen molar-refractivity contribution in [3.8, 4) is 0 Å². The van der Waals surface area contributed by atoms with Crippen LogP contribution in [0.5, 0.6) is 0 Å². The van der Waals surface area contributed by atoms with Crippen molar-refractivity contribution < 1.29 is 4.79 Å². The maximum Gasteiger partial charge on any atom is 0.251 e. The average Bonchev–Trinajstić information content (AvgIpc) is 2.38. The van der Waals surface area contributed by atoms with Crippen molar-refractivity contribution in [1.29, 1.82) is 0 Å². The van der Waals surface area contributed by atoms with Crippen LogP contribution in [-0.4, -0.2) is 44.5 Å². The normalized spacial score (nSPS) is 10.7. The van der Waals surface area contributed by atoms with Crippen LogP contribution < -0.4 is 10.6 Å². The molecule has 0 bridgehead atoms. The molecule has 112 valence electrons. The maximum absolute atomic E-state index is 12.1. The fourth-order valence-corrected chi connectivity index (χ4v) is 2.08. The Balaban J connectivity index is 2.43. The minimum atomic E-state index is 0.0235. The summed E-state index contributed by atoms with van der Waals surface area (Å²) in [4.78, 5) is 14.2. The van der Waals surface area contributed by atoms with Gasteiger partial charge in [0.2, 0.25) is 0 Å². The molecule has 4 heteroatoms. The summed E-state index contributed by atoms with van der Waals surface area (Å²) in [5.74, 6) is 0.0235. The summed E-state index contributed by atoms with van der Waals surface area (Å²) in [6, 6.07) is 5.87. The van der Waals surface area contributed by atoms with E-state index in [2.05, 4.69) is 36.6 Å². The molecule has 2 N–H and O–H groups in total. The molecule has 0 atom stereocenters. The molecule has 0 saturated carbocycles. The van der Waals surface area contributed by atoms with Gasteiger partial charge in [-0.2, -0.15) is 0 Å². The molecule has 1 amide bonds. The Kier molecular flexibility index (Phi) is 7.09. The summed E-state index contributed by atoms with van der Waals surface area (Å²) >= 11 is 0. The van der Waals surface area contributed by atoms with Crippen molar-refractivity contribution >= 4 is 11.6 Å². The molecule has 0 aromatic heterocycles. The number of anilines is 1. The van der Waals surface area contributed by atoms with E-state index >= 15 is 0 Å². The molecule has 20 heavy (non-hydrogen) atoms. The van der Waals surface area contributed by atoms with E-state index < -0.39 is 0 Å². The summed E-state index contributed by atoms with van der Waals surface area (Å²) in [5, 5.41) is 6.24. The monoisotopic (exact) mass is 277 g/mol. The van der Waals surface area contributed by atoms with Crippen molar-refractivity contribution in [3.63, 3.8) is 0 Å². The second kappa shape index (κ2) is 8.59. The zero-order valence-electron chi connectivity index (χ0n) is 13.1. The third-order valence-corrected chi connectivity index (χ3v) is 3.17. The van der Waals surface area contributed by atoms with E-state index in [1.807, 2.05) is 25.1 Å². The zero-order valence-corrected chi connectivity index (χ0v) is 13.1. The van der Waals surface area contributed by atoms with Gasteiger partial charge in [-0.3, -0.25) is 4.79 Å². The lowest BCUT2D eigenvalue weighted by Gasteiger charge is -2.11. The Hall–Kier alpha value is -1.55. The van der Waals surface area contributed by atoms with Crippen LogP contribution in [0, 0.1) is 6.92 Å². The van der Waals surface area contributed by atoms with Gasteiger partial charge in [-0.15, -0.1) is 0 Å². The standard InChI is InChI=1S/C16H27N3O/c1-5-17-14-8-9-15(13(2)12-14)16(20)18-10-6-7-11-19(3)4/h8-9,12,17H,5-7,10-11H2,1-4H3,(H,18,20). The van der Waals surface area contributed by atoms with E-state index in [-0.39, 0.29) is 5.91 Å². The van der Waals surface area contributed by atoms with Crippen molar-refractivity contribution in [2.45, 2.75) is 26.7 Å². The van der Waals surface area contributed by atoms with Gasteiger partial charge in [-0.25, -0.2) is 0 Å². The highest BCUT2D eigenvalue weighted by atomic mass is 16.1. The molecule has 0 aliphatic rings. The number of amides is 1. The molecule has 0 unspecified atom stereocenters. The van der Waals surface area contributed by atoms with Gasteiger partial charge in [0.05, 0.1) is 0 Å². The van der Waals surface area contributed by atoms with E-state index in [0.717, 1.165) is 49.3 Å². The summed E-state index contributed by atoms with van der Waals surface area (Å²) in [6.45, 7) is 6.72. The Bertz CT molecular complexity index is 430. The summed E-state index contributed by atoms with van der Waals surface area (Å²) in [5.41, 5.74) is 2.83. The molecule has 0 fully saturated rings. The number of benzene rings is 1. The minimum Gasteiger partial charge on any atom is -0.385 e. The number of unbranched alkanes of at least 4 members (excludes halogenated alkanes) is 1. The van der Waals surface area contributed by atoms with Gasteiger partial charge in [-0.05, 0) is 71.1 Å². The number of carbonyl (C=O) groups excluding carboxylic acids is 1. The van der Waals surface area contributed by atoms with Crippen molar-refractivity contribution in [3.05, 3.63) is 29.3 Å². The summed E-state index contributed by atoms with van der Waals surface area (Å²) < 4.78 is 0. The predicted molar refractivity (Wildman–Crippen MR) is 85.5 cm³/mol. The Morgan fingerprint density at radius 1 is 1.25 bits per heavy atom. The molecule has 0 aliphatic carbocycles. The predicted octanol–water partition coefficient (Wildman–Crippen LogP) is 2.50. The molecule has 1 rings (SSSR count). The Morgan fingerprint density at radius 2 is 2.00 bits per heavy atom. The van der Waals surface area contributed by atoms with Gasteiger partial charge < -0.3 is 15.5 Å². The van der Waals surface area contributed by atoms with E-state index in [1.54, 1.807) is 0 Å². The Labute approximate surface area is 122 Å². The Morgan fingerprint density at radius 3 is 2.60 bits per heavy atom. The van der Waals surface area contributed by atoms with E-state index in [1.165, 1.54) is 0 Å². The van der Waals surface area contributed by atoms with Crippen molar-refractivity contribution in [2.24, 2.45) is 0 Å². The van der Waals surface area contributed by atoms with Crippen molar-refractivity contribution in [2.75, 3.05) is 39.0 Å². The highest BCUT2D eigenvalue weighted by molar-refractivity contribution is 5.96. The van der Waals surface area contributed by atoms with E-state index in [4.69, 9.17) is 0 Å². The first kappa shape index (κ1) is 16.5. The van der Waals surface area contributed by atoms with Gasteiger partial charge in [-0.1, -0.05) is 0 Å². The summed E-state index contributed by atoms with van der Waals surface area (Å²) in [6.07, 6.45) is 2.12. The molecule has 1 aromatic carbocycles. The van der Waals surface area contributed by atoms with Crippen LogP contribution in [0.25, 0.3) is 0 Å². The summed E-state index contributed by atoms with van der Waals surface area (Å²) in [7, 11) is 4.13. The number of carbonyl (C=O) groups is 1. The second-order valence-corrected chi connectivity index (χ2v) is 5.33. The number of rotatable bonds is 8. The quantitative estimate of drug-likeness (QED) is 0.718. The molecule has 0 aliphatic heterocycles.